The van der Waals surface area contributed by atoms with Gasteiger partial charge in [-0.15, -0.1) is 0 Å². The van der Waals surface area contributed by atoms with E-state index in [1.165, 1.54) is 4.31 Å². The van der Waals surface area contributed by atoms with E-state index in [1.54, 1.807) is 4.68 Å². The Morgan fingerprint density at radius 1 is 1.28 bits per heavy atom. The summed E-state index contributed by atoms with van der Waals surface area (Å²) < 4.78 is 30.3. The lowest BCUT2D eigenvalue weighted by Gasteiger charge is -2.17. The van der Waals surface area contributed by atoms with Gasteiger partial charge in [0.25, 0.3) is 0 Å². The fourth-order valence-electron chi connectivity index (χ4n) is 2.27. The summed E-state index contributed by atoms with van der Waals surface area (Å²) in [7, 11) is -3.42. The Labute approximate surface area is 108 Å². The average Bonchev–Trinajstić information content (AvgIpc) is 2.93. The van der Waals surface area contributed by atoms with E-state index in [0.717, 1.165) is 30.8 Å². The molecule has 0 amide bonds. The largest absolute Gasteiger partial charge is 0.301 e. The van der Waals surface area contributed by atoms with E-state index in [1.807, 2.05) is 20.8 Å². The van der Waals surface area contributed by atoms with Crippen LogP contribution in [0.3, 0.4) is 0 Å². The van der Waals surface area contributed by atoms with Crippen molar-refractivity contribution in [3.8, 4) is 0 Å². The third kappa shape index (κ3) is 2.37. The molecule has 0 aliphatic carbocycles. The average molecular weight is 272 g/mol. The van der Waals surface area contributed by atoms with Gasteiger partial charge in [0.1, 0.15) is 0 Å². The first-order valence-electron chi connectivity index (χ1n) is 6.27. The number of hydrogen-bond acceptors (Lipinski definition) is 3. The van der Waals surface area contributed by atoms with Gasteiger partial charge in [-0.05, 0) is 33.6 Å². The molecule has 102 valence electrons. The van der Waals surface area contributed by atoms with Gasteiger partial charge in [-0.25, -0.2) is 0 Å². The molecule has 1 saturated heterocycles. The molecule has 18 heavy (non-hydrogen) atoms. The van der Waals surface area contributed by atoms with E-state index >= 15 is 0 Å². The monoisotopic (exact) mass is 272 g/mol. The maximum atomic E-state index is 12.2. The summed E-state index contributed by atoms with van der Waals surface area (Å²) >= 11 is 0. The van der Waals surface area contributed by atoms with Gasteiger partial charge < -0.3 is 0 Å². The quantitative estimate of drug-likeness (QED) is 0.897. The third-order valence-electron chi connectivity index (χ3n) is 3.32. The van der Waals surface area contributed by atoms with Crippen LogP contribution in [-0.4, -0.2) is 35.6 Å². The van der Waals surface area contributed by atoms with Gasteiger partial charge in [0.2, 0.25) is 0 Å². The third-order valence-corrected chi connectivity index (χ3v) is 4.82. The molecule has 1 fully saturated rings. The van der Waals surface area contributed by atoms with E-state index in [-0.39, 0.29) is 0 Å². The molecule has 0 atom stereocenters. The van der Waals surface area contributed by atoms with Crippen molar-refractivity contribution in [1.29, 1.82) is 0 Å². The van der Waals surface area contributed by atoms with Crippen LogP contribution in [0.4, 0.5) is 5.69 Å². The van der Waals surface area contributed by atoms with E-state index in [9.17, 15) is 8.42 Å². The van der Waals surface area contributed by atoms with Crippen molar-refractivity contribution in [2.45, 2.75) is 40.2 Å². The van der Waals surface area contributed by atoms with E-state index in [4.69, 9.17) is 0 Å². The van der Waals surface area contributed by atoms with Crippen molar-refractivity contribution in [3.63, 3.8) is 0 Å². The molecule has 1 aromatic rings. The van der Waals surface area contributed by atoms with Crippen molar-refractivity contribution < 1.29 is 8.42 Å². The Balaban J connectivity index is 2.26. The summed E-state index contributed by atoms with van der Waals surface area (Å²) in [5.41, 5.74) is 2.19. The SMILES string of the molecule is CCn1nc(C)c(NS(=O)(=O)N2CCCC2)c1C. The highest BCUT2D eigenvalue weighted by Gasteiger charge is 2.27. The predicted molar refractivity (Wildman–Crippen MR) is 70.7 cm³/mol. The molecule has 1 aromatic heterocycles. The lowest BCUT2D eigenvalue weighted by molar-refractivity contribution is 0.482. The molecule has 1 N–H and O–H groups in total. The first-order valence-corrected chi connectivity index (χ1v) is 7.71. The molecule has 2 rings (SSSR count). The van der Waals surface area contributed by atoms with Crippen LogP contribution in [0.25, 0.3) is 0 Å². The molecule has 0 radical (unpaired) electrons. The standard InChI is InChI=1S/C11H20N4O2S/c1-4-15-10(3)11(9(2)12-15)13-18(16,17)14-7-5-6-8-14/h13H,4-8H2,1-3H3. The summed E-state index contributed by atoms with van der Waals surface area (Å²) in [6, 6.07) is 0. The van der Waals surface area contributed by atoms with Gasteiger partial charge in [-0.2, -0.15) is 17.8 Å². The van der Waals surface area contributed by atoms with E-state index < -0.39 is 10.2 Å². The van der Waals surface area contributed by atoms with Crippen molar-refractivity contribution in [2.24, 2.45) is 0 Å². The Bertz CT molecular complexity index is 529. The molecule has 7 heteroatoms. The normalized spacial score (nSPS) is 17.3. The first kappa shape index (κ1) is 13.4. The molecule has 1 aliphatic rings. The maximum Gasteiger partial charge on any atom is 0.301 e. The molecular formula is C11H20N4O2S. The first-order chi connectivity index (χ1) is 8.45. The highest BCUT2D eigenvalue weighted by molar-refractivity contribution is 7.90. The van der Waals surface area contributed by atoms with Crippen molar-refractivity contribution in [3.05, 3.63) is 11.4 Å². The van der Waals surface area contributed by atoms with Crippen molar-refractivity contribution in [2.75, 3.05) is 17.8 Å². The van der Waals surface area contributed by atoms with Gasteiger partial charge >= 0.3 is 10.2 Å². The van der Waals surface area contributed by atoms with Gasteiger partial charge in [-0.1, -0.05) is 0 Å². The van der Waals surface area contributed by atoms with Gasteiger partial charge in [0, 0.05) is 19.6 Å². The minimum Gasteiger partial charge on any atom is -0.268 e. The van der Waals surface area contributed by atoms with E-state index in [2.05, 4.69) is 9.82 Å². The van der Waals surface area contributed by atoms with Crippen LogP contribution in [0.2, 0.25) is 0 Å². The topological polar surface area (TPSA) is 67.2 Å². The number of aryl methyl sites for hydroxylation is 2. The Morgan fingerprint density at radius 3 is 2.39 bits per heavy atom. The zero-order valence-electron chi connectivity index (χ0n) is 11.1. The second-order valence-corrected chi connectivity index (χ2v) is 6.25. The number of hydrogen-bond donors (Lipinski definition) is 1. The number of rotatable bonds is 4. The van der Waals surface area contributed by atoms with Crippen LogP contribution in [-0.2, 0) is 16.8 Å². The zero-order valence-corrected chi connectivity index (χ0v) is 11.9. The van der Waals surface area contributed by atoms with Crippen LogP contribution < -0.4 is 4.72 Å². The molecule has 0 aromatic carbocycles. The number of aromatic nitrogens is 2. The molecule has 0 unspecified atom stereocenters. The Hall–Kier alpha value is -1.08. The van der Waals surface area contributed by atoms with E-state index in [0.29, 0.717) is 18.8 Å². The highest BCUT2D eigenvalue weighted by atomic mass is 32.2. The Morgan fingerprint density at radius 2 is 1.89 bits per heavy atom. The lowest BCUT2D eigenvalue weighted by atomic mass is 10.3. The molecule has 0 spiro atoms. The summed E-state index contributed by atoms with van der Waals surface area (Å²) in [5.74, 6) is 0. The van der Waals surface area contributed by atoms with Crippen LogP contribution >= 0.6 is 0 Å². The fourth-order valence-corrected chi connectivity index (χ4v) is 3.70. The lowest BCUT2D eigenvalue weighted by Crippen LogP contribution is -2.33. The minimum absolute atomic E-state index is 0.606. The number of anilines is 1. The smallest absolute Gasteiger partial charge is 0.268 e. The number of nitrogens with one attached hydrogen (secondary N) is 1. The predicted octanol–water partition coefficient (Wildman–Crippen LogP) is 1.27. The van der Waals surface area contributed by atoms with Crippen LogP contribution in [0, 0.1) is 13.8 Å². The van der Waals surface area contributed by atoms with Crippen molar-refractivity contribution >= 4 is 15.9 Å². The summed E-state index contributed by atoms with van der Waals surface area (Å²) in [5, 5.41) is 4.31. The zero-order chi connectivity index (χ0) is 13.3. The van der Waals surface area contributed by atoms with Crippen LogP contribution in [0.15, 0.2) is 0 Å². The summed E-state index contributed by atoms with van der Waals surface area (Å²) in [4.78, 5) is 0. The summed E-state index contributed by atoms with van der Waals surface area (Å²) in [6.07, 6.45) is 1.88. The summed E-state index contributed by atoms with van der Waals surface area (Å²) in [6.45, 7) is 7.63. The fraction of sp³-hybridized carbons (Fsp3) is 0.727. The Kier molecular flexibility index (Phi) is 3.63. The molecule has 1 aliphatic heterocycles. The maximum absolute atomic E-state index is 12.2. The van der Waals surface area contributed by atoms with Crippen LogP contribution in [0.5, 0.6) is 0 Å². The van der Waals surface area contributed by atoms with Crippen molar-refractivity contribution in [1.82, 2.24) is 14.1 Å². The molecule has 6 nitrogen and oxygen atoms in total. The number of nitrogens with zero attached hydrogens (tertiary/aromatic N) is 3. The van der Waals surface area contributed by atoms with Gasteiger partial charge in [0.15, 0.2) is 0 Å². The molecule has 0 bridgehead atoms. The van der Waals surface area contributed by atoms with Crippen LogP contribution in [0.1, 0.15) is 31.2 Å². The second kappa shape index (κ2) is 4.89. The highest BCUT2D eigenvalue weighted by Crippen LogP contribution is 2.23. The minimum atomic E-state index is -3.42. The molecule has 0 saturated carbocycles. The van der Waals surface area contributed by atoms with Gasteiger partial charge in [0.05, 0.1) is 17.1 Å². The van der Waals surface area contributed by atoms with Gasteiger partial charge in [-0.3, -0.25) is 9.40 Å². The molecule has 2 heterocycles. The molecular weight excluding hydrogens is 252 g/mol. The second-order valence-electron chi connectivity index (χ2n) is 4.57.